The van der Waals surface area contributed by atoms with Gasteiger partial charge in [-0.25, -0.2) is 4.98 Å². The summed E-state index contributed by atoms with van der Waals surface area (Å²) < 4.78 is 0. The van der Waals surface area contributed by atoms with Crippen LogP contribution < -0.4 is 5.56 Å². The highest BCUT2D eigenvalue weighted by atomic mass is 16.1. The Morgan fingerprint density at radius 3 is 3.25 bits per heavy atom. The van der Waals surface area contributed by atoms with Crippen molar-refractivity contribution in [3.63, 3.8) is 0 Å². The molecule has 0 spiro atoms. The first kappa shape index (κ1) is 4.97. The molecule has 0 aromatic carbocycles. The van der Waals surface area contributed by atoms with Gasteiger partial charge in [0.15, 0.2) is 0 Å². The highest BCUT2D eigenvalue weighted by Crippen LogP contribution is 1.68. The Kier molecular flexibility index (Phi) is 1.37. The predicted octanol–water partition coefficient (Wildman–Crippen LogP) is 0.242. The van der Waals surface area contributed by atoms with Crippen LogP contribution in [0.4, 0.5) is 0 Å². The second-order valence-electron chi connectivity index (χ2n) is 1.28. The van der Waals surface area contributed by atoms with E-state index in [1.54, 1.807) is 6.07 Å². The fourth-order valence-electron chi connectivity index (χ4n) is 0.372. The molecule has 39 valence electrons. The van der Waals surface area contributed by atoms with Crippen LogP contribution in [0.25, 0.3) is 0 Å². The third kappa shape index (κ3) is 1.15. The molecule has 1 rings (SSSR count). The molecule has 2 heteroatoms. The van der Waals surface area contributed by atoms with Gasteiger partial charge in [0.1, 0.15) is 0 Å². The van der Waals surface area contributed by atoms with Crippen LogP contribution in [0.3, 0.4) is 0 Å². The summed E-state index contributed by atoms with van der Waals surface area (Å²) >= 11 is 0. The molecule has 0 N–H and O–H groups in total. The summed E-state index contributed by atoms with van der Waals surface area (Å²) in [4.78, 5) is 13.8. The number of aromatic nitrogens is 1. The summed E-state index contributed by atoms with van der Waals surface area (Å²) in [6, 6.07) is 7.18. The van der Waals surface area contributed by atoms with Gasteiger partial charge in [-0.15, -0.1) is 0 Å². The molecule has 1 aromatic heterocycles. The molecule has 0 atom stereocenters. The van der Waals surface area contributed by atoms with Crippen LogP contribution in [0.5, 0.6) is 0 Å². The van der Waals surface area contributed by atoms with Gasteiger partial charge in [-0.05, 0) is 18.2 Å². The highest BCUT2D eigenvalue weighted by Gasteiger charge is 1.71. The molecule has 0 saturated heterocycles. The van der Waals surface area contributed by atoms with Crippen molar-refractivity contribution >= 4 is 0 Å². The molecule has 8 heavy (non-hydrogen) atoms. The molecule has 0 unspecified atom stereocenters. The van der Waals surface area contributed by atoms with E-state index in [0.717, 1.165) is 0 Å². The van der Waals surface area contributed by atoms with Gasteiger partial charge in [0, 0.05) is 12.3 Å². The van der Waals surface area contributed by atoms with Gasteiger partial charge >= 0.3 is 0 Å². The SMILES string of the molecule is O=c1cc[c]ccn1. The smallest absolute Gasteiger partial charge is 0.267 e. The number of rotatable bonds is 0. The molecular weight excluding hydrogens is 102 g/mol. The van der Waals surface area contributed by atoms with Crippen molar-refractivity contribution in [1.82, 2.24) is 4.98 Å². The van der Waals surface area contributed by atoms with Gasteiger partial charge in [-0.2, -0.15) is 0 Å². The Morgan fingerprint density at radius 1 is 1.50 bits per heavy atom. The molecule has 1 heterocycles. The summed E-state index contributed by atoms with van der Waals surface area (Å²) in [5, 5.41) is 0. The van der Waals surface area contributed by atoms with Crippen LogP contribution in [0.2, 0.25) is 0 Å². The Labute approximate surface area is 46.8 Å². The van der Waals surface area contributed by atoms with Crippen molar-refractivity contribution in [2.24, 2.45) is 0 Å². The lowest BCUT2D eigenvalue weighted by Gasteiger charge is -1.56. The van der Waals surface area contributed by atoms with Crippen LogP contribution in [-0.4, -0.2) is 4.98 Å². The molecule has 0 saturated carbocycles. The maximum atomic E-state index is 10.3. The lowest BCUT2D eigenvalue weighted by molar-refractivity contribution is 1.27. The summed E-state index contributed by atoms with van der Waals surface area (Å²) in [6.07, 6.45) is 1.42. The Hall–Kier alpha value is -1.18. The van der Waals surface area contributed by atoms with E-state index >= 15 is 0 Å². The van der Waals surface area contributed by atoms with Crippen LogP contribution >= 0.6 is 0 Å². The zero-order valence-electron chi connectivity index (χ0n) is 4.16. The Morgan fingerprint density at radius 2 is 2.38 bits per heavy atom. The lowest BCUT2D eigenvalue weighted by atomic mass is 10.5. The van der Waals surface area contributed by atoms with E-state index in [1.807, 2.05) is 0 Å². The van der Waals surface area contributed by atoms with Crippen molar-refractivity contribution < 1.29 is 0 Å². The summed E-state index contributed by atoms with van der Waals surface area (Å²) in [5.41, 5.74) is -0.230. The van der Waals surface area contributed by atoms with Crippen molar-refractivity contribution in [3.8, 4) is 0 Å². The minimum absolute atomic E-state index is 0.230. The predicted molar refractivity (Wildman–Crippen MR) is 29.3 cm³/mol. The molecule has 0 aliphatic heterocycles. The van der Waals surface area contributed by atoms with Crippen LogP contribution in [0, 0.1) is 6.07 Å². The molecule has 1 radical (unpaired) electrons. The third-order valence-corrected chi connectivity index (χ3v) is 0.695. The van der Waals surface area contributed by atoms with E-state index < -0.39 is 0 Å². The summed E-state index contributed by atoms with van der Waals surface area (Å²) in [5.74, 6) is 0. The van der Waals surface area contributed by atoms with E-state index in [4.69, 9.17) is 0 Å². The second kappa shape index (κ2) is 2.21. The van der Waals surface area contributed by atoms with E-state index in [2.05, 4.69) is 11.1 Å². The topological polar surface area (TPSA) is 30.0 Å². The standard InChI is InChI=1S/C6H4NO/c8-6-4-2-1-3-5-7-6/h2-5H. The third-order valence-electron chi connectivity index (χ3n) is 0.695. The molecular formula is C6H4NO. The van der Waals surface area contributed by atoms with E-state index in [9.17, 15) is 4.79 Å². The van der Waals surface area contributed by atoms with Gasteiger partial charge in [0.05, 0.1) is 0 Å². The van der Waals surface area contributed by atoms with Gasteiger partial charge in [0.2, 0.25) is 0 Å². The zero-order chi connectivity index (χ0) is 5.82. The van der Waals surface area contributed by atoms with Gasteiger partial charge < -0.3 is 0 Å². The van der Waals surface area contributed by atoms with E-state index in [-0.39, 0.29) is 5.56 Å². The molecule has 1 aromatic rings. The van der Waals surface area contributed by atoms with E-state index in [0.29, 0.717) is 0 Å². The number of hydrogen-bond acceptors (Lipinski definition) is 2. The fourth-order valence-corrected chi connectivity index (χ4v) is 0.372. The molecule has 0 fully saturated rings. The first-order valence-corrected chi connectivity index (χ1v) is 2.22. The van der Waals surface area contributed by atoms with Crippen molar-refractivity contribution in [1.29, 1.82) is 0 Å². The quantitative estimate of drug-likeness (QED) is 0.474. The van der Waals surface area contributed by atoms with Crippen LogP contribution in [0.15, 0.2) is 29.2 Å². The fraction of sp³-hybridized carbons (Fsp3) is 0. The maximum Gasteiger partial charge on any atom is 0.269 e. The molecule has 0 amide bonds. The van der Waals surface area contributed by atoms with Gasteiger partial charge in [-0.1, -0.05) is 0 Å². The zero-order valence-corrected chi connectivity index (χ0v) is 4.16. The van der Waals surface area contributed by atoms with Crippen molar-refractivity contribution in [3.05, 3.63) is 40.8 Å². The maximum absolute atomic E-state index is 10.3. The molecule has 0 aliphatic rings. The van der Waals surface area contributed by atoms with E-state index in [1.165, 1.54) is 18.3 Å². The molecule has 0 aliphatic carbocycles. The largest absolute Gasteiger partial charge is 0.269 e. The molecule has 0 bridgehead atoms. The Bertz CT molecular complexity index is 199. The highest BCUT2D eigenvalue weighted by molar-refractivity contribution is 4.89. The van der Waals surface area contributed by atoms with Crippen molar-refractivity contribution in [2.45, 2.75) is 0 Å². The second-order valence-corrected chi connectivity index (χ2v) is 1.28. The minimum Gasteiger partial charge on any atom is -0.267 e. The van der Waals surface area contributed by atoms with Crippen LogP contribution in [0.1, 0.15) is 0 Å². The monoisotopic (exact) mass is 106 g/mol. The Balaban J connectivity index is 3.32. The molecule has 2 nitrogen and oxygen atoms in total. The van der Waals surface area contributed by atoms with Gasteiger partial charge in [0.25, 0.3) is 5.56 Å². The average molecular weight is 106 g/mol. The normalized spacial score (nSPS) is 8.50. The number of nitrogens with zero attached hydrogens (tertiary/aromatic N) is 1. The first-order chi connectivity index (χ1) is 3.89. The van der Waals surface area contributed by atoms with Gasteiger partial charge in [-0.3, -0.25) is 4.79 Å². The summed E-state index contributed by atoms with van der Waals surface area (Å²) in [6.45, 7) is 0. The number of hydrogen-bond donors (Lipinski definition) is 0. The summed E-state index contributed by atoms with van der Waals surface area (Å²) in [7, 11) is 0. The first-order valence-electron chi connectivity index (χ1n) is 2.22. The van der Waals surface area contributed by atoms with Crippen LogP contribution in [-0.2, 0) is 0 Å². The minimum atomic E-state index is -0.230. The van der Waals surface area contributed by atoms with Crippen molar-refractivity contribution in [2.75, 3.05) is 0 Å². The lowest BCUT2D eigenvalue weighted by Crippen LogP contribution is -1.95. The average Bonchev–Trinajstić information content (AvgIpc) is 1.94.